The molecule has 5 nitrogen and oxygen atoms in total. The van der Waals surface area contributed by atoms with Gasteiger partial charge in [-0.05, 0) is 51.1 Å². The van der Waals surface area contributed by atoms with E-state index in [1.54, 1.807) is 0 Å². The van der Waals surface area contributed by atoms with Crippen molar-refractivity contribution in [3.63, 3.8) is 0 Å². The average molecular weight is 302 g/mol. The number of ether oxygens (including phenoxy) is 2. The van der Waals surface area contributed by atoms with Crippen LogP contribution in [-0.2, 0) is 9.53 Å². The van der Waals surface area contributed by atoms with E-state index in [0.29, 0.717) is 6.61 Å². The first-order valence-corrected chi connectivity index (χ1v) is 7.26. The van der Waals surface area contributed by atoms with Crippen LogP contribution in [0.1, 0.15) is 27.2 Å². The maximum absolute atomic E-state index is 11.0. The van der Waals surface area contributed by atoms with Crippen molar-refractivity contribution in [1.29, 1.82) is 0 Å². The van der Waals surface area contributed by atoms with Crippen molar-refractivity contribution in [3.8, 4) is 5.75 Å². The van der Waals surface area contributed by atoms with Gasteiger partial charge in [-0.1, -0.05) is 0 Å². The summed E-state index contributed by atoms with van der Waals surface area (Å²) in [5, 5.41) is 4.34. The number of carbonyl (C=O) groups excluding carboxylic acids is 1. The Kier molecular flexibility index (Phi) is 4.85. The van der Waals surface area contributed by atoms with Crippen molar-refractivity contribution in [1.82, 2.24) is 4.98 Å². The van der Waals surface area contributed by atoms with E-state index in [1.165, 1.54) is 7.11 Å². The number of esters is 1. The fourth-order valence-corrected chi connectivity index (χ4v) is 2.00. The maximum atomic E-state index is 11.0. The smallest absolute Gasteiger partial charge is 0.308 e. The van der Waals surface area contributed by atoms with E-state index in [9.17, 15) is 4.79 Å². The maximum Gasteiger partial charge on any atom is 0.308 e. The third kappa shape index (κ3) is 4.62. The second kappa shape index (κ2) is 6.64. The lowest BCUT2D eigenvalue weighted by Gasteiger charge is -2.21. The molecule has 0 saturated carbocycles. The lowest BCUT2D eigenvalue weighted by molar-refractivity contribution is -0.141. The van der Waals surface area contributed by atoms with Gasteiger partial charge in [-0.3, -0.25) is 4.79 Å². The minimum atomic E-state index is -0.277. The van der Waals surface area contributed by atoms with Gasteiger partial charge in [-0.25, -0.2) is 4.98 Å². The van der Waals surface area contributed by atoms with Crippen molar-refractivity contribution in [2.75, 3.05) is 19.0 Å². The Balaban J connectivity index is 2.08. The molecule has 0 radical (unpaired) electrons. The summed E-state index contributed by atoms with van der Waals surface area (Å²) in [4.78, 5) is 15.6. The van der Waals surface area contributed by atoms with Gasteiger partial charge in [0.05, 0.1) is 25.7 Å². The molecule has 0 aliphatic carbocycles. The minimum Gasteiger partial charge on any atom is -0.493 e. The number of methoxy groups -OCH3 is 1. The molecule has 0 saturated heterocycles. The number of rotatable bonds is 5. The van der Waals surface area contributed by atoms with Gasteiger partial charge in [-0.15, -0.1) is 0 Å². The van der Waals surface area contributed by atoms with Crippen LogP contribution in [0, 0.1) is 0 Å². The molecule has 0 bridgehead atoms. The SMILES string of the molecule is COC(=O)CCOc1ccc2nc(NC(C)(C)C)ccc2c1. The Hall–Kier alpha value is -2.30. The van der Waals surface area contributed by atoms with Gasteiger partial charge in [0, 0.05) is 10.9 Å². The molecule has 1 N–H and O–H groups in total. The average Bonchev–Trinajstić information content (AvgIpc) is 2.45. The van der Waals surface area contributed by atoms with Crippen molar-refractivity contribution in [3.05, 3.63) is 30.3 Å². The molecular formula is C17H22N2O3. The Labute approximate surface area is 130 Å². The zero-order chi connectivity index (χ0) is 16.2. The van der Waals surface area contributed by atoms with E-state index >= 15 is 0 Å². The monoisotopic (exact) mass is 302 g/mol. The molecule has 0 spiro atoms. The van der Waals surface area contributed by atoms with Gasteiger partial charge in [0.25, 0.3) is 0 Å². The van der Waals surface area contributed by atoms with E-state index in [1.807, 2.05) is 30.3 Å². The summed E-state index contributed by atoms with van der Waals surface area (Å²) < 4.78 is 10.1. The number of pyridine rings is 1. The van der Waals surface area contributed by atoms with Gasteiger partial charge in [0.1, 0.15) is 11.6 Å². The van der Waals surface area contributed by atoms with E-state index < -0.39 is 0 Å². The molecule has 2 aromatic rings. The minimum absolute atomic E-state index is 0.0301. The number of nitrogens with one attached hydrogen (secondary N) is 1. The first-order chi connectivity index (χ1) is 10.4. The molecule has 1 aromatic heterocycles. The normalized spacial score (nSPS) is 11.3. The van der Waals surface area contributed by atoms with Crippen molar-refractivity contribution >= 4 is 22.7 Å². The second-order valence-electron chi connectivity index (χ2n) is 6.10. The van der Waals surface area contributed by atoms with Crippen LogP contribution in [0.3, 0.4) is 0 Å². The molecule has 0 aliphatic heterocycles. The summed E-state index contributed by atoms with van der Waals surface area (Å²) in [7, 11) is 1.37. The highest BCUT2D eigenvalue weighted by atomic mass is 16.5. The quantitative estimate of drug-likeness (QED) is 0.858. The van der Waals surface area contributed by atoms with Crippen LogP contribution in [0.4, 0.5) is 5.82 Å². The summed E-state index contributed by atoms with van der Waals surface area (Å²) in [5.41, 5.74) is 0.868. The summed E-state index contributed by atoms with van der Waals surface area (Å²) in [6, 6.07) is 9.64. The number of hydrogen-bond acceptors (Lipinski definition) is 5. The molecule has 0 aliphatic rings. The van der Waals surface area contributed by atoms with E-state index in [4.69, 9.17) is 4.74 Å². The van der Waals surface area contributed by atoms with Gasteiger partial charge >= 0.3 is 5.97 Å². The molecule has 0 atom stereocenters. The summed E-state index contributed by atoms with van der Waals surface area (Å²) >= 11 is 0. The van der Waals surface area contributed by atoms with Crippen LogP contribution in [0.2, 0.25) is 0 Å². The van der Waals surface area contributed by atoms with Crippen LogP contribution >= 0.6 is 0 Å². The highest BCUT2D eigenvalue weighted by Gasteiger charge is 2.10. The second-order valence-corrected chi connectivity index (χ2v) is 6.10. The Morgan fingerprint density at radius 2 is 2.00 bits per heavy atom. The Morgan fingerprint density at radius 3 is 2.68 bits per heavy atom. The highest BCUT2D eigenvalue weighted by molar-refractivity contribution is 5.81. The predicted molar refractivity (Wildman–Crippen MR) is 87.2 cm³/mol. The topological polar surface area (TPSA) is 60.5 Å². The van der Waals surface area contributed by atoms with Crippen LogP contribution in [0.5, 0.6) is 5.75 Å². The van der Waals surface area contributed by atoms with Gasteiger partial charge in [0.15, 0.2) is 0 Å². The molecule has 1 heterocycles. The highest BCUT2D eigenvalue weighted by Crippen LogP contribution is 2.22. The number of hydrogen-bond donors (Lipinski definition) is 1. The summed E-state index contributed by atoms with van der Waals surface area (Å²) in [6.45, 7) is 6.58. The van der Waals surface area contributed by atoms with Crippen LogP contribution < -0.4 is 10.1 Å². The molecule has 2 rings (SSSR count). The number of fused-ring (bicyclic) bond motifs is 1. The molecule has 118 valence electrons. The lowest BCUT2D eigenvalue weighted by Crippen LogP contribution is -2.26. The molecular weight excluding hydrogens is 280 g/mol. The lowest BCUT2D eigenvalue weighted by atomic mass is 10.1. The number of aromatic nitrogens is 1. The molecule has 0 unspecified atom stereocenters. The molecule has 0 fully saturated rings. The van der Waals surface area contributed by atoms with Crippen molar-refractivity contribution in [2.24, 2.45) is 0 Å². The fourth-order valence-electron chi connectivity index (χ4n) is 2.00. The van der Waals surface area contributed by atoms with E-state index in [2.05, 4.69) is 35.8 Å². The van der Waals surface area contributed by atoms with Crippen molar-refractivity contribution in [2.45, 2.75) is 32.7 Å². The Morgan fingerprint density at radius 1 is 1.23 bits per heavy atom. The zero-order valence-electron chi connectivity index (χ0n) is 13.5. The van der Waals surface area contributed by atoms with E-state index in [0.717, 1.165) is 22.5 Å². The predicted octanol–water partition coefficient (Wildman–Crippen LogP) is 3.39. The zero-order valence-corrected chi connectivity index (χ0v) is 13.5. The standard InChI is InChI=1S/C17H22N2O3/c1-17(2,3)19-15-8-5-12-11-13(6-7-14(12)18-15)22-10-9-16(20)21-4/h5-8,11H,9-10H2,1-4H3,(H,18,19). The molecule has 1 aromatic carbocycles. The van der Waals surface area contributed by atoms with E-state index in [-0.39, 0.29) is 17.9 Å². The number of carbonyl (C=O) groups is 1. The fraction of sp³-hybridized carbons (Fsp3) is 0.412. The van der Waals surface area contributed by atoms with Crippen LogP contribution in [-0.4, -0.2) is 30.2 Å². The molecule has 5 heteroatoms. The number of anilines is 1. The molecule has 0 amide bonds. The third-order valence-electron chi connectivity index (χ3n) is 2.97. The molecule has 22 heavy (non-hydrogen) atoms. The summed E-state index contributed by atoms with van der Waals surface area (Å²) in [6.07, 6.45) is 0.237. The Bertz CT molecular complexity index is 662. The van der Waals surface area contributed by atoms with Crippen LogP contribution in [0.25, 0.3) is 10.9 Å². The van der Waals surface area contributed by atoms with Gasteiger partial charge < -0.3 is 14.8 Å². The number of nitrogens with zero attached hydrogens (tertiary/aromatic N) is 1. The van der Waals surface area contributed by atoms with Crippen LogP contribution in [0.15, 0.2) is 30.3 Å². The largest absolute Gasteiger partial charge is 0.493 e. The first kappa shape index (κ1) is 16.1. The van der Waals surface area contributed by atoms with Gasteiger partial charge in [-0.2, -0.15) is 0 Å². The third-order valence-corrected chi connectivity index (χ3v) is 2.97. The van der Waals surface area contributed by atoms with Gasteiger partial charge in [0.2, 0.25) is 0 Å². The summed E-state index contributed by atoms with van der Waals surface area (Å²) in [5.74, 6) is 1.29. The first-order valence-electron chi connectivity index (χ1n) is 7.26. The van der Waals surface area contributed by atoms with Crippen molar-refractivity contribution < 1.29 is 14.3 Å². The number of benzene rings is 1.